The lowest BCUT2D eigenvalue weighted by atomic mass is 9.81. The molecule has 3 heterocycles. The minimum atomic E-state index is 0.0423. The summed E-state index contributed by atoms with van der Waals surface area (Å²) in [6.07, 6.45) is 6.48. The predicted octanol–water partition coefficient (Wildman–Crippen LogP) is 2.75. The van der Waals surface area contributed by atoms with Gasteiger partial charge in [0.2, 0.25) is 5.91 Å². The van der Waals surface area contributed by atoms with Gasteiger partial charge in [0.05, 0.1) is 17.0 Å². The van der Waals surface area contributed by atoms with E-state index < -0.39 is 0 Å². The van der Waals surface area contributed by atoms with E-state index in [9.17, 15) is 4.79 Å². The average molecular weight is 386 g/mol. The van der Waals surface area contributed by atoms with E-state index in [1.165, 1.54) is 0 Å². The van der Waals surface area contributed by atoms with Gasteiger partial charge in [0.1, 0.15) is 17.8 Å². The van der Waals surface area contributed by atoms with E-state index in [-0.39, 0.29) is 17.2 Å². The minimum Gasteiger partial charge on any atom is -0.355 e. The van der Waals surface area contributed by atoms with E-state index in [0.29, 0.717) is 12.1 Å². The molecule has 1 amide bonds. The monoisotopic (exact) mass is 386 g/mol. The fraction of sp³-hybridized carbons (Fsp3) is 0.364. The van der Waals surface area contributed by atoms with Crippen LogP contribution >= 0.6 is 0 Å². The molecule has 2 aromatic heterocycles. The first-order chi connectivity index (χ1) is 14.2. The number of nitrogens with one attached hydrogen (secondary N) is 2. The van der Waals surface area contributed by atoms with E-state index in [1.807, 2.05) is 24.4 Å². The summed E-state index contributed by atoms with van der Waals surface area (Å²) in [5, 5.41) is 13.0. The Morgan fingerprint density at radius 2 is 2.10 bits per heavy atom. The highest BCUT2D eigenvalue weighted by Crippen LogP contribution is 2.56. The van der Waals surface area contributed by atoms with Crippen LogP contribution in [0.25, 0.3) is 11.0 Å². The van der Waals surface area contributed by atoms with Crippen LogP contribution in [0.4, 0.5) is 5.82 Å². The van der Waals surface area contributed by atoms with Crippen molar-refractivity contribution in [2.75, 3.05) is 18.0 Å². The lowest BCUT2D eigenvalue weighted by Gasteiger charge is -2.39. The third-order valence-corrected chi connectivity index (χ3v) is 6.32. The Bertz CT molecular complexity index is 1090. The summed E-state index contributed by atoms with van der Waals surface area (Å²) in [6, 6.07) is 11.5. The zero-order chi connectivity index (χ0) is 19.8. The van der Waals surface area contributed by atoms with Gasteiger partial charge in [-0.05, 0) is 48.4 Å². The van der Waals surface area contributed by atoms with Gasteiger partial charge in [-0.2, -0.15) is 5.26 Å². The normalized spacial score (nSPS) is 19.8. The number of H-pyrrole nitrogens is 1. The molecule has 7 heteroatoms. The fourth-order valence-electron chi connectivity index (χ4n) is 4.54. The fourth-order valence-corrected chi connectivity index (χ4v) is 4.54. The van der Waals surface area contributed by atoms with Gasteiger partial charge in [-0.1, -0.05) is 12.1 Å². The van der Waals surface area contributed by atoms with Gasteiger partial charge in [0.25, 0.3) is 0 Å². The number of rotatable bonds is 4. The van der Waals surface area contributed by atoms with Gasteiger partial charge in [0, 0.05) is 31.7 Å². The molecule has 1 aliphatic heterocycles. The maximum atomic E-state index is 13.0. The number of nitriles is 1. The summed E-state index contributed by atoms with van der Waals surface area (Å²) in [7, 11) is 0. The van der Waals surface area contributed by atoms with Crippen LogP contribution in [0.1, 0.15) is 30.4 Å². The number of hydrogen-bond donors (Lipinski definition) is 2. The van der Waals surface area contributed by atoms with E-state index in [2.05, 4.69) is 31.2 Å². The van der Waals surface area contributed by atoms with Crippen molar-refractivity contribution in [1.82, 2.24) is 20.3 Å². The smallest absolute Gasteiger partial charge is 0.224 e. The van der Waals surface area contributed by atoms with Crippen LogP contribution in [0.5, 0.6) is 0 Å². The van der Waals surface area contributed by atoms with Crippen molar-refractivity contribution in [1.29, 1.82) is 5.26 Å². The number of aromatic amines is 1. The first-order valence-corrected chi connectivity index (χ1v) is 9.98. The van der Waals surface area contributed by atoms with Gasteiger partial charge in [-0.15, -0.1) is 0 Å². The molecule has 5 rings (SSSR count). The Kier molecular flexibility index (Phi) is 4.20. The van der Waals surface area contributed by atoms with Crippen LogP contribution in [-0.4, -0.2) is 33.9 Å². The Labute approximate surface area is 168 Å². The highest BCUT2D eigenvalue weighted by atomic mass is 16.1. The maximum Gasteiger partial charge on any atom is 0.224 e. The number of benzene rings is 1. The molecule has 0 unspecified atom stereocenters. The Hall–Kier alpha value is -3.40. The lowest BCUT2D eigenvalue weighted by Crippen LogP contribution is -2.48. The van der Waals surface area contributed by atoms with Crippen molar-refractivity contribution < 1.29 is 4.79 Å². The maximum absolute atomic E-state index is 13.0. The number of piperidine rings is 1. The van der Waals surface area contributed by atoms with Crippen LogP contribution in [-0.2, 0) is 11.3 Å². The zero-order valence-electron chi connectivity index (χ0n) is 16.1. The van der Waals surface area contributed by atoms with E-state index in [1.54, 1.807) is 18.5 Å². The summed E-state index contributed by atoms with van der Waals surface area (Å²) in [5.41, 5.74) is 2.55. The Balaban J connectivity index is 1.27. The molecule has 146 valence electrons. The molecule has 0 radical (unpaired) electrons. The molecule has 2 aliphatic rings. The molecule has 3 aromatic rings. The molecule has 1 spiro atoms. The molecule has 1 aliphatic carbocycles. The molecule has 29 heavy (non-hydrogen) atoms. The van der Waals surface area contributed by atoms with Crippen LogP contribution < -0.4 is 10.2 Å². The molecule has 2 N–H and O–H groups in total. The van der Waals surface area contributed by atoms with E-state index in [4.69, 9.17) is 5.26 Å². The molecule has 1 atom stereocenters. The summed E-state index contributed by atoms with van der Waals surface area (Å²) in [6.45, 7) is 2.17. The summed E-state index contributed by atoms with van der Waals surface area (Å²) in [4.78, 5) is 27.2. The molecule has 1 aromatic carbocycles. The van der Waals surface area contributed by atoms with Gasteiger partial charge < -0.3 is 15.2 Å². The van der Waals surface area contributed by atoms with Crippen LogP contribution in [0.3, 0.4) is 0 Å². The lowest BCUT2D eigenvalue weighted by molar-refractivity contribution is -0.128. The Morgan fingerprint density at radius 1 is 1.28 bits per heavy atom. The third kappa shape index (κ3) is 3.21. The molecule has 7 nitrogen and oxygen atoms in total. The third-order valence-electron chi connectivity index (χ3n) is 6.32. The van der Waals surface area contributed by atoms with Crippen molar-refractivity contribution in [3.8, 4) is 6.07 Å². The molecule has 1 saturated carbocycles. The van der Waals surface area contributed by atoms with Crippen molar-refractivity contribution in [2.24, 2.45) is 11.3 Å². The highest BCUT2D eigenvalue weighted by molar-refractivity contribution is 5.87. The molecule has 1 saturated heterocycles. The van der Waals surface area contributed by atoms with Crippen LogP contribution in [0.2, 0.25) is 0 Å². The number of amides is 1. The molecular formula is C22H22N6O. The average Bonchev–Trinajstić information content (AvgIpc) is 3.34. The molecule has 0 bridgehead atoms. The van der Waals surface area contributed by atoms with Crippen LogP contribution in [0.15, 0.2) is 42.9 Å². The standard InChI is InChI=1S/C22H22N6O/c23-11-15-1-3-16(4-2-15)12-25-21(29)18-6-10-28(13-22(18)7-8-22)20-17-5-9-24-19(17)26-14-27-20/h1-5,9,14,18H,6-8,10,12-13H2,(H,25,29)(H,24,26,27)/t18-/m1/s1. The number of anilines is 1. The predicted molar refractivity (Wildman–Crippen MR) is 109 cm³/mol. The van der Waals surface area contributed by atoms with E-state index >= 15 is 0 Å². The van der Waals surface area contributed by atoms with Gasteiger partial charge >= 0.3 is 0 Å². The van der Waals surface area contributed by atoms with Crippen molar-refractivity contribution in [3.63, 3.8) is 0 Å². The number of hydrogen-bond acceptors (Lipinski definition) is 5. The molecular weight excluding hydrogens is 364 g/mol. The SMILES string of the molecule is N#Cc1ccc(CNC(=O)[C@H]2CCN(c3ncnc4[nH]ccc34)CC23CC3)cc1. The number of carbonyl (C=O) groups excluding carboxylic acids is 1. The summed E-state index contributed by atoms with van der Waals surface area (Å²) >= 11 is 0. The largest absolute Gasteiger partial charge is 0.355 e. The van der Waals surface area contributed by atoms with Crippen molar-refractivity contribution in [3.05, 3.63) is 54.0 Å². The second-order valence-electron chi connectivity index (χ2n) is 8.09. The van der Waals surface area contributed by atoms with Crippen molar-refractivity contribution in [2.45, 2.75) is 25.8 Å². The van der Waals surface area contributed by atoms with Gasteiger partial charge in [0.15, 0.2) is 0 Å². The van der Waals surface area contributed by atoms with Gasteiger partial charge in [-0.3, -0.25) is 4.79 Å². The number of nitrogens with zero attached hydrogens (tertiary/aromatic N) is 4. The topological polar surface area (TPSA) is 97.7 Å². The second kappa shape index (κ2) is 6.89. The number of fused-ring (bicyclic) bond motifs is 1. The van der Waals surface area contributed by atoms with Gasteiger partial charge in [-0.25, -0.2) is 9.97 Å². The highest BCUT2D eigenvalue weighted by Gasteiger charge is 2.55. The first-order valence-electron chi connectivity index (χ1n) is 9.98. The minimum absolute atomic E-state index is 0.0423. The Morgan fingerprint density at radius 3 is 2.86 bits per heavy atom. The zero-order valence-corrected chi connectivity index (χ0v) is 16.1. The molecule has 2 fully saturated rings. The van der Waals surface area contributed by atoms with Crippen LogP contribution in [0, 0.1) is 22.7 Å². The quantitative estimate of drug-likeness (QED) is 0.718. The number of aromatic nitrogens is 3. The first kappa shape index (κ1) is 17.7. The summed E-state index contributed by atoms with van der Waals surface area (Å²) < 4.78 is 0. The number of carbonyl (C=O) groups is 1. The second-order valence-corrected chi connectivity index (χ2v) is 8.09. The van der Waals surface area contributed by atoms with E-state index in [0.717, 1.165) is 54.8 Å². The van der Waals surface area contributed by atoms with Crippen molar-refractivity contribution >= 4 is 22.8 Å². The summed E-state index contributed by atoms with van der Waals surface area (Å²) in [5.74, 6) is 1.14.